The Morgan fingerprint density at radius 3 is 2.67 bits per heavy atom. The van der Waals surface area contributed by atoms with E-state index in [1.165, 1.54) is 20.3 Å². The summed E-state index contributed by atoms with van der Waals surface area (Å²) in [7, 11) is 2.80. The molecule has 0 aliphatic carbocycles. The van der Waals surface area contributed by atoms with Gasteiger partial charge in [-0.1, -0.05) is 0 Å². The number of nitrogens with two attached hydrogens (primary N) is 1. The highest BCUT2D eigenvalue weighted by Crippen LogP contribution is 2.09. The molecule has 0 atom stereocenters. The molecule has 0 unspecified atom stereocenters. The smallest absolute Gasteiger partial charge is 0.353 e. The Morgan fingerprint density at radius 1 is 1.47 bits per heavy atom. The first-order valence-electron chi connectivity index (χ1n) is 4.23. The summed E-state index contributed by atoms with van der Waals surface area (Å²) in [6.07, 6.45) is 3.03. The number of ether oxygens (including phenoxy) is 2. The fourth-order valence-electron chi connectivity index (χ4n) is 0.954. The first-order valence-corrected chi connectivity index (χ1v) is 4.23. The van der Waals surface area contributed by atoms with E-state index in [4.69, 9.17) is 10.5 Å². The molecule has 0 aliphatic rings. The molecular weight excluding hydrogens is 196 g/mol. The fourth-order valence-corrected chi connectivity index (χ4v) is 0.954. The average Bonchev–Trinajstić information content (AvgIpc) is 2.29. The van der Waals surface area contributed by atoms with Gasteiger partial charge in [-0.15, -0.1) is 0 Å². The van der Waals surface area contributed by atoms with Crippen molar-refractivity contribution in [2.24, 2.45) is 5.73 Å². The summed E-state index contributed by atoms with van der Waals surface area (Å²) in [6, 6.07) is 3.41. The van der Waals surface area contributed by atoms with Gasteiger partial charge in [-0.2, -0.15) is 0 Å². The highest BCUT2D eigenvalue weighted by molar-refractivity contribution is 5.92. The molecule has 0 amide bonds. The molecule has 1 rings (SSSR count). The lowest BCUT2D eigenvalue weighted by Gasteiger charge is -2.00. The third kappa shape index (κ3) is 2.98. The van der Waals surface area contributed by atoms with Crippen molar-refractivity contribution in [3.63, 3.8) is 0 Å². The number of esters is 1. The molecule has 0 radical (unpaired) electrons. The van der Waals surface area contributed by atoms with Crippen LogP contribution < -0.4 is 10.5 Å². The maximum Gasteiger partial charge on any atom is 0.353 e. The van der Waals surface area contributed by atoms with Crippen LogP contribution in [-0.4, -0.2) is 25.2 Å². The molecule has 5 nitrogen and oxygen atoms in total. The van der Waals surface area contributed by atoms with Crippen molar-refractivity contribution in [2.75, 3.05) is 14.2 Å². The lowest BCUT2D eigenvalue weighted by Crippen LogP contribution is -2.12. The fraction of sp³-hybridized carbons (Fsp3) is 0.200. The second kappa shape index (κ2) is 4.99. The Labute approximate surface area is 87.5 Å². The van der Waals surface area contributed by atoms with Gasteiger partial charge >= 0.3 is 5.97 Å². The zero-order chi connectivity index (χ0) is 11.3. The second-order valence-electron chi connectivity index (χ2n) is 2.73. The number of carbonyl (C=O) groups excluding carboxylic acids is 1. The molecule has 0 saturated carbocycles. The number of aromatic nitrogens is 1. The van der Waals surface area contributed by atoms with E-state index < -0.39 is 5.97 Å². The second-order valence-corrected chi connectivity index (χ2v) is 2.73. The SMILES string of the molecule is COC(=O)/C(N)=C/c1ccc(OC)nc1. The summed E-state index contributed by atoms with van der Waals surface area (Å²) in [5.41, 5.74) is 6.20. The first kappa shape index (κ1) is 11.0. The third-order valence-corrected chi connectivity index (χ3v) is 1.71. The lowest BCUT2D eigenvalue weighted by molar-refractivity contribution is -0.136. The van der Waals surface area contributed by atoms with Crippen molar-refractivity contribution >= 4 is 12.0 Å². The molecule has 5 heteroatoms. The molecule has 0 fully saturated rings. The summed E-state index contributed by atoms with van der Waals surface area (Å²) in [4.78, 5) is 14.9. The Kier molecular flexibility index (Phi) is 3.68. The van der Waals surface area contributed by atoms with Gasteiger partial charge in [-0.05, 0) is 17.7 Å². The van der Waals surface area contributed by atoms with Crippen molar-refractivity contribution in [1.82, 2.24) is 4.98 Å². The van der Waals surface area contributed by atoms with Crippen molar-refractivity contribution in [3.8, 4) is 5.88 Å². The van der Waals surface area contributed by atoms with Crippen molar-refractivity contribution in [3.05, 3.63) is 29.6 Å². The van der Waals surface area contributed by atoms with Crippen LogP contribution >= 0.6 is 0 Å². The van der Waals surface area contributed by atoms with Gasteiger partial charge < -0.3 is 15.2 Å². The minimum Gasteiger partial charge on any atom is -0.481 e. The number of carbonyl (C=O) groups is 1. The van der Waals surface area contributed by atoms with Gasteiger partial charge in [0.2, 0.25) is 5.88 Å². The van der Waals surface area contributed by atoms with Crippen LogP contribution in [0.2, 0.25) is 0 Å². The molecule has 15 heavy (non-hydrogen) atoms. The molecule has 1 aromatic rings. The number of rotatable bonds is 3. The number of hydrogen-bond donors (Lipinski definition) is 1. The summed E-state index contributed by atoms with van der Waals surface area (Å²) >= 11 is 0. The van der Waals surface area contributed by atoms with Gasteiger partial charge in [-0.25, -0.2) is 9.78 Å². The normalized spacial score (nSPS) is 10.9. The maximum atomic E-state index is 11.0. The molecule has 0 spiro atoms. The Bertz CT molecular complexity index is 371. The minimum atomic E-state index is -0.564. The van der Waals surface area contributed by atoms with E-state index in [0.29, 0.717) is 11.4 Å². The number of hydrogen-bond acceptors (Lipinski definition) is 5. The monoisotopic (exact) mass is 208 g/mol. The minimum absolute atomic E-state index is 0.0319. The highest BCUT2D eigenvalue weighted by atomic mass is 16.5. The van der Waals surface area contributed by atoms with Gasteiger partial charge in [0.05, 0.1) is 14.2 Å². The predicted octanol–water partition coefficient (Wildman–Crippen LogP) is 0.563. The van der Waals surface area contributed by atoms with Crippen molar-refractivity contribution < 1.29 is 14.3 Å². The summed E-state index contributed by atoms with van der Waals surface area (Å²) < 4.78 is 9.34. The van der Waals surface area contributed by atoms with Gasteiger partial charge in [0.1, 0.15) is 5.70 Å². The van der Waals surface area contributed by atoms with Crippen LogP contribution in [0.4, 0.5) is 0 Å². The zero-order valence-electron chi connectivity index (χ0n) is 8.56. The van der Waals surface area contributed by atoms with Gasteiger partial charge in [-0.3, -0.25) is 0 Å². The van der Waals surface area contributed by atoms with E-state index in [0.717, 1.165) is 0 Å². The van der Waals surface area contributed by atoms with Crippen molar-refractivity contribution in [2.45, 2.75) is 0 Å². The van der Waals surface area contributed by atoms with Crippen LogP contribution in [0.5, 0.6) is 5.88 Å². The molecule has 2 N–H and O–H groups in total. The first-order chi connectivity index (χ1) is 7.17. The van der Waals surface area contributed by atoms with E-state index in [2.05, 4.69) is 9.72 Å². The molecule has 0 aromatic carbocycles. The zero-order valence-corrected chi connectivity index (χ0v) is 8.56. The maximum absolute atomic E-state index is 11.0. The van der Waals surface area contributed by atoms with E-state index >= 15 is 0 Å². The summed E-state index contributed by atoms with van der Waals surface area (Å²) in [6.45, 7) is 0. The van der Waals surface area contributed by atoms with Gasteiger partial charge in [0.25, 0.3) is 0 Å². The topological polar surface area (TPSA) is 74.4 Å². The molecule has 0 saturated heterocycles. The van der Waals surface area contributed by atoms with Crippen LogP contribution in [0.1, 0.15) is 5.56 Å². The molecular formula is C10H12N2O3. The Hall–Kier alpha value is -2.04. The van der Waals surface area contributed by atoms with Crippen LogP contribution in [0.3, 0.4) is 0 Å². The molecule has 1 heterocycles. The number of pyridine rings is 1. The third-order valence-electron chi connectivity index (χ3n) is 1.71. The van der Waals surface area contributed by atoms with E-state index in [-0.39, 0.29) is 5.70 Å². The molecule has 80 valence electrons. The standard InChI is InChI=1S/C10H12N2O3/c1-14-9-4-3-7(6-12-9)5-8(11)10(13)15-2/h3-6H,11H2,1-2H3/b8-5-. The summed E-state index contributed by atoms with van der Waals surface area (Å²) in [5, 5.41) is 0. The lowest BCUT2D eigenvalue weighted by atomic mass is 10.2. The average molecular weight is 208 g/mol. The van der Waals surface area contributed by atoms with Gasteiger partial charge in [0.15, 0.2) is 0 Å². The Morgan fingerprint density at radius 2 is 2.20 bits per heavy atom. The van der Waals surface area contributed by atoms with E-state index in [9.17, 15) is 4.79 Å². The quantitative estimate of drug-likeness (QED) is 0.580. The largest absolute Gasteiger partial charge is 0.481 e. The number of nitrogens with zero attached hydrogens (tertiary/aromatic N) is 1. The van der Waals surface area contributed by atoms with Crippen molar-refractivity contribution in [1.29, 1.82) is 0 Å². The van der Waals surface area contributed by atoms with Crippen LogP contribution in [-0.2, 0) is 9.53 Å². The molecule has 1 aromatic heterocycles. The van der Waals surface area contributed by atoms with Crippen LogP contribution in [0.25, 0.3) is 6.08 Å². The van der Waals surface area contributed by atoms with E-state index in [1.807, 2.05) is 0 Å². The molecule has 0 aliphatic heterocycles. The number of methoxy groups -OCH3 is 2. The predicted molar refractivity (Wildman–Crippen MR) is 55.0 cm³/mol. The molecule has 0 bridgehead atoms. The van der Waals surface area contributed by atoms with E-state index in [1.54, 1.807) is 18.3 Å². The van der Waals surface area contributed by atoms with Gasteiger partial charge in [0, 0.05) is 12.3 Å². The van der Waals surface area contributed by atoms with Crippen LogP contribution in [0, 0.1) is 0 Å². The Balaban J connectivity index is 2.84. The highest BCUT2D eigenvalue weighted by Gasteiger charge is 2.03. The summed E-state index contributed by atoms with van der Waals surface area (Å²) in [5.74, 6) is -0.0605. The van der Waals surface area contributed by atoms with Crippen LogP contribution in [0.15, 0.2) is 24.0 Å².